The fraction of sp³-hybridized carbons (Fsp3) is 0.562. The van der Waals surface area contributed by atoms with Crippen LogP contribution in [0, 0.1) is 18.8 Å². The molecule has 0 aliphatic carbocycles. The first-order chi connectivity index (χ1) is 9.58. The number of carbonyl (C=O) groups is 1. The van der Waals surface area contributed by atoms with Gasteiger partial charge in [0.25, 0.3) is 0 Å². The summed E-state index contributed by atoms with van der Waals surface area (Å²) < 4.78 is 0. The fourth-order valence-electron chi connectivity index (χ4n) is 2.82. The van der Waals surface area contributed by atoms with Crippen LogP contribution in [0.2, 0.25) is 5.02 Å². The number of nitrogens with one attached hydrogen (secondary N) is 2. The Morgan fingerprint density at radius 2 is 2.10 bits per heavy atom. The van der Waals surface area contributed by atoms with E-state index in [4.69, 9.17) is 11.6 Å². The standard InChI is InChI=1S/C16H23ClN2O.ClH/c1-11(13-6-8-18-9-7-13)10-16(20)19-15-5-3-4-14(17)12(15)2;/h3-5,11,13,18H,6-10H2,1-2H3,(H,19,20);1H. The molecule has 3 nitrogen and oxygen atoms in total. The maximum Gasteiger partial charge on any atom is 0.224 e. The molecule has 1 aromatic carbocycles. The van der Waals surface area contributed by atoms with Gasteiger partial charge in [0, 0.05) is 17.1 Å². The average Bonchev–Trinajstić information content (AvgIpc) is 2.45. The molecule has 0 aromatic heterocycles. The highest BCUT2D eigenvalue weighted by molar-refractivity contribution is 6.31. The number of carbonyl (C=O) groups excluding carboxylic acids is 1. The van der Waals surface area contributed by atoms with Crippen LogP contribution in [0.1, 0.15) is 31.7 Å². The summed E-state index contributed by atoms with van der Waals surface area (Å²) in [5, 5.41) is 7.03. The van der Waals surface area contributed by atoms with Gasteiger partial charge in [0.1, 0.15) is 0 Å². The van der Waals surface area contributed by atoms with Gasteiger partial charge < -0.3 is 10.6 Å². The van der Waals surface area contributed by atoms with E-state index in [0.29, 0.717) is 23.3 Å². The lowest BCUT2D eigenvalue weighted by atomic mass is 9.84. The van der Waals surface area contributed by atoms with E-state index in [1.54, 1.807) is 0 Å². The minimum absolute atomic E-state index is 0. The molecule has 1 heterocycles. The fourth-order valence-corrected chi connectivity index (χ4v) is 2.99. The third kappa shape index (κ3) is 5.17. The summed E-state index contributed by atoms with van der Waals surface area (Å²) in [4.78, 5) is 12.2. The Morgan fingerprint density at radius 1 is 1.43 bits per heavy atom. The lowest BCUT2D eigenvalue weighted by Crippen LogP contribution is -2.32. The van der Waals surface area contributed by atoms with E-state index in [2.05, 4.69) is 17.6 Å². The highest BCUT2D eigenvalue weighted by Gasteiger charge is 2.22. The summed E-state index contributed by atoms with van der Waals surface area (Å²) in [6.45, 7) is 6.25. The largest absolute Gasteiger partial charge is 0.326 e. The molecule has 1 amide bonds. The minimum Gasteiger partial charge on any atom is -0.326 e. The first-order valence-corrected chi connectivity index (χ1v) is 7.71. The Labute approximate surface area is 138 Å². The highest BCUT2D eigenvalue weighted by Crippen LogP contribution is 2.26. The van der Waals surface area contributed by atoms with E-state index in [1.807, 2.05) is 25.1 Å². The number of halogens is 2. The molecule has 5 heteroatoms. The van der Waals surface area contributed by atoms with Gasteiger partial charge in [-0.2, -0.15) is 0 Å². The van der Waals surface area contributed by atoms with Crippen LogP contribution in [-0.2, 0) is 4.79 Å². The van der Waals surface area contributed by atoms with Crippen molar-refractivity contribution in [2.75, 3.05) is 18.4 Å². The summed E-state index contributed by atoms with van der Waals surface area (Å²) in [5.41, 5.74) is 1.75. The van der Waals surface area contributed by atoms with Gasteiger partial charge in [-0.3, -0.25) is 4.79 Å². The Kier molecular flexibility index (Phi) is 7.50. The number of anilines is 1. The third-order valence-corrected chi connectivity index (χ3v) is 4.65. The van der Waals surface area contributed by atoms with E-state index in [-0.39, 0.29) is 18.3 Å². The van der Waals surface area contributed by atoms with Crippen molar-refractivity contribution in [1.82, 2.24) is 5.32 Å². The van der Waals surface area contributed by atoms with Gasteiger partial charge in [-0.05, 0) is 62.4 Å². The molecule has 1 saturated heterocycles. The normalized spacial score (nSPS) is 16.9. The molecule has 0 saturated carbocycles. The molecule has 1 unspecified atom stereocenters. The summed E-state index contributed by atoms with van der Waals surface area (Å²) in [6, 6.07) is 5.60. The maximum absolute atomic E-state index is 12.2. The second-order valence-corrected chi connectivity index (χ2v) is 6.14. The lowest BCUT2D eigenvalue weighted by molar-refractivity contribution is -0.117. The van der Waals surface area contributed by atoms with Crippen LogP contribution in [0.15, 0.2) is 18.2 Å². The Balaban J connectivity index is 0.00000220. The summed E-state index contributed by atoms with van der Waals surface area (Å²) in [6.07, 6.45) is 2.92. The van der Waals surface area contributed by atoms with Crippen LogP contribution in [-0.4, -0.2) is 19.0 Å². The van der Waals surface area contributed by atoms with Crippen LogP contribution in [0.25, 0.3) is 0 Å². The molecular weight excluding hydrogens is 307 g/mol. The predicted molar refractivity (Wildman–Crippen MR) is 91.4 cm³/mol. The zero-order valence-corrected chi connectivity index (χ0v) is 14.2. The van der Waals surface area contributed by atoms with Crippen molar-refractivity contribution in [3.8, 4) is 0 Å². The van der Waals surface area contributed by atoms with Crippen LogP contribution >= 0.6 is 24.0 Å². The maximum atomic E-state index is 12.2. The molecule has 0 spiro atoms. The van der Waals surface area contributed by atoms with Crippen LogP contribution in [0.3, 0.4) is 0 Å². The lowest BCUT2D eigenvalue weighted by Gasteiger charge is -2.28. The van der Waals surface area contributed by atoms with Crippen molar-refractivity contribution in [3.63, 3.8) is 0 Å². The van der Waals surface area contributed by atoms with Gasteiger partial charge in [-0.25, -0.2) is 0 Å². The van der Waals surface area contributed by atoms with Crippen molar-refractivity contribution < 1.29 is 4.79 Å². The summed E-state index contributed by atoms with van der Waals surface area (Å²) in [7, 11) is 0. The number of hydrogen-bond donors (Lipinski definition) is 2. The molecule has 118 valence electrons. The quantitative estimate of drug-likeness (QED) is 0.874. The third-order valence-electron chi connectivity index (χ3n) is 4.24. The Bertz CT molecular complexity index is 473. The second-order valence-electron chi connectivity index (χ2n) is 5.73. The van der Waals surface area contributed by atoms with Crippen molar-refractivity contribution in [3.05, 3.63) is 28.8 Å². The van der Waals surface area contributed by atoms with Gasteiger partial charge in [0.05, 0.1) is 0 Å². The molecule has 0 radical (unpaired) electrons. The average molecular weight is 331 g/mol. The predicted octanol–water partition coefficient (Wildman–Crippen LogP) is 4.03. The minimum atomic E-state index is 0. The second kappa shape index (κ2) is 8.62. The number of rotatable bonds is 4. The Morgan fingerprint density at radius 3 is 2.76 bits per heavy atom. The van der Waals surface area contributed by atoms with Gasteiger partial charge in [0.2, 0.25) is 5.91 Å². The molecule has 21 heavy (non-hydrogen) atoms. The zero-order valence-electron chi connectivity index (χ0n) is 12.6. The number of hydrogen-bond acceptors (Lipinski definition) is 2. The van der Waals surface area contributed by atoms with E-state index in [9.17, 15) is 4.79 Å². The molecule has 1 atom stereocenters. The van der Waals surface area contributed by atoms with E-state index < -0.39 is 0 Å². The molecule has 2 rings (SSSR count). The summed E-state index contributed by atoms with van der Waals surface area (Å²) in [5.74, 6) is 1.17. The summed E-state index contributed by atoms with van der Waals surface area (Å²) >= 11 is 6.07. The number of benzene rings is 1. The molecule has 2 N–H and O–H groups in total. The first kappa shape index (κ1) is 18.3. The van der Waals surface area contributed by atoms with Gasteiger partial charge in [0.15, 0.2) is 0 Å². The van der Waals surface area contributed by atoms with E-state index >= 15 is 0 Å². The number of amides is 1. The SMILES string of the molecule is Cc1c(Cl)cccc1NC(=O)CC(C)C1CCNCC1.Cl. The number of piperidine rings is 1. The first-order valence-electron chi connectivity index (χ1n) is 7.33. The van der Waals surface area contributed by atoms with E-state index in [1.165, 1.54) is 12.8 Å². The van der Waals surface area contributed by atoms with Gasteiger partial charge in [-0.15, -0.1) is 12.4 Å². The van der Waals surface area contributed by atoms with Crippen LogP contribution in [0.5, 0.6) is 0 Å². The molecule has 1 fully saturated rings. The molecule has 1 aromatic rings. The molecular formula is C16H24Cl2N2O. The molecule has 1 aliphatic rings. The van der Waals surface area contributed by atoms with Crippen molar-refractivity contribution in [2.24, 2.45) is 11.8 Å². The van der Waals surface area contributed by atoms with Gasteiger partial charge >= 0.3 is 0 Å². The zero-order chi connectivity index (χ0) is 14.5. The topological polar surface area (TPSA) is 41.1 Å². The van der Waals surface area contributed by atoms with Crippen molar-refractivity contribution >= 4 is 35.6 Å². The molecule has 0 bridgehead atoms. The van der Waals surface area contributed by atoms with Crippen LogP contribution < -0.4 is 10.6 Å². The monoisotopic (exact) mass is 330 g/mol. The van der Waals surface area contributed by atoms with Gasteiger partial charge in [-0.1, -0.05) is 24.6 Å². The van der Waals surface area contributed by atoms with E-state index in [0.717, 1.165) is 24.3 Å². The molecule has 1 aliphatic heterocycles. The smallest absolute Gasteiger partial charge is 0.224 e. The van der Waals surface area contributed by atoms with Crippen LogP contribution in [0.4, 0.5) is 5.69 Å². The van der Waals surface area contributed by atoms with Crippen molar-refractivity contribution in [1.29, 1.82) is 0 Å². The van der Waals surface area contributed by atoms with Crippen molar-refractivity contribution in [2.45, 2.75) is 33.1 Å². The highest BCUT2D eigenvalue weighted by atomic mass is 35.5. The Hall–Kier alpha value is -0.770.